The standard InChI is InChI=1S/C22H14O6/c23-13-5-3-12(4-6-13)16-11-19(24)27-17-8-7-15-21(25)18(28-22(15)20(16)17)10-14-2-1-9-26-14/h1-10,16,23H,11H2/b18-10-. The van der Waals surface area contributed by atoms with Gasteiger partial charge in [0.05, 0.1) is 18.2 Å². The molecule has 6 nitrogen and oxygen atoms in total. The average Bonchev–Trinajstić information content (AvgIpc) is 3.30. The Balaban J connectivity index is 1.64. The highest BCUT2D eigenvalue weighted by Crippen LogP contribution is 2.49. The second-order valence-corrected chi connectivity index (χ2v) is 6.63. The minimum Gasteiger partial charge on any atom is -0.508 e. The number of hydrogen-bond acceptors (Lipinski definition) is 6. The second-order valence-electron chi connectivity index (χ2n) is 6.63. The van der Waals surface area contributed by atoms with E-state index >= 15 is 0 Å². The maximum absolute atomic E-state index is 12.8. The van der Waals surface area contributed by atoms with Crippen molar-refractivity contribution in [1.29, 1.82) is 0 Å². The van der Waals surface area contributed by atoms with Crippen LogP contribution < -0.4 is 9.47 Å². The van der Waals surface area contributed by atoms with Crippen molar-refractivity contribution in [3.63, 3.8) is 0 Å². The summed E-state index contributed by atoms with van der Waals surface area (Å²) >= 11 is 0. The molecule has 0 saturated heterocycles. The molecule has 3 heterocycles. The number of allylic oxidation sites excluding steroid dienone is 1. The minimum absolute atomic E-state index is 0.114. The van der Waals surface area contributed by atoms with E-state index in [1.807, 2.05) is 0 Å². The molecule has 1 N–H and O–H groups in total. The van der Waals surface area contributed by atoms with Crippen LogP contribution >= 0.6 is 0 Å². The van der Waals surface area contributed by atoms with E-state index < -0.39 is 0 Å². The Bertz CT molecular complexity index is 1120. The maximum Gasteiger partial charge on any atom is 0.312 e. The highest BCUT2D eigenvalue weighted by atomic mass is 16.5. The molecule has 0 amide bonds. The number of rotatable bonds is 2. The molecule has 3 aromatic rings. The van der Waals surface area contributed by atoms with Crippen molar-refractivity contribution in [3.05, 3.63) is 83.0 Å². The molecule has 2 aromatic carbocycles. The Kier molecular flexibility index (Phi) is 3.58. The lowest BCUT2D eigenvalue weighted by molar-refractivity contribution is -0.135. The van der Waals surface area contributed by atoms with Gasteiger partial charge in [-0.3, -0.25) is 9.59 Å². The van der Waals surface area contributed by atoms with E-state index in [-0.39, 0.29) is 35.6 Å². The topological polar surface area (TPSA) is 86.0 Å². The SMILES string of the molecule is O=C1CC(c2ccc(O)cc2)c2c(ccc3c2O/C(=C\c2ccco2)C3=O)O1. The normalized spacial score (nSPS) is 19.1. The first-order chi connectivity index (χ1) is 13.6. The highest BCUT2D eigenvalue weighted by Gasteiger charge is 2.38. The Morgan fingerprint density at radius 3 is 2.57 bits per heavy atom. The molecular formula is C22H14O6. The van der Waals surface area contributed by atoms with Crippen molar-refractivity contribution in [2.75, 3.05) is 0 Å². The first-order valence-electron chi connectivity index (χ1n) is 8.74. The van der Waals surface area contributed by atoms with Crippen molar-refractivity contribution in [3.8, 4) is 17.2 Å². The molecule has 28 heavy (non-hydrogen) atoms. The van der Waals surface area contributed by atoms with Gasteiger partial charge in [0.15, 0.2) is 5.76 Å². The van der Waals surface area contributed by atoms with Gasteiger partial charge in [0.2, 0.25) is 5.78 Å². The fourth-order valence-electron chi connectivity index (χ4n) is 3.60. The monoisotopic (exact) mass is 374 g/mol. The number of phenolic OH excluding ortho intramolecular Hbond substituents is 1. The number of ketones is 1. The van der Waals surface area contributed by atoms with Crippen LogP contribution in [0.15, 0.2) is 65.0 Å². The van der Waals surface area contributed by atoms with Crippen molar-refractivity contribution in [1.82, 2.24) is 0 Å². The summed E-state index contributed by atoms with van der Waals surface area (Å²) in [6, 6.07) is 13.3. The molecule has 1 aromatic heterocycles. The van der Waals surface area contributed by atoms with Gasteiger partial charge in [0, 0.05) is 17.6 Å². The van der Waals surface area contributed by atoms with Crippen LogP contribution in [0.1, 0.15) is 39.6 Å². The van der Waals surface area contributed by atoms with Crippen LogP contribution in [-0.4, -0.2) is 16.9 Å². The number of furan rings is 1. The lowest BCUT2D eigenvalue weighted by atomic mass is 9.84. The molecule has 0 fully saturated rings. The quantitative estimate of drug-likeness (QED) is 0.414. The first kappa shape index (κ1) is 16.4. The fraction of sp³-hybridized carbons (Fsp3) is 0.0909. The van der Waals surface area contributed by atoms with Gasteiger partial charge in [-0.15, -0.1) is 0 Å². The molecule has 5 rings (SSSR count). The van der Waals surface area contributed by atoms with E-state index in [1.165, 1.54) is 6.26 Å². The van der Waals surface area contributed by atoms with E-state index in [4.69, 9.17) is 13.9 Å². The van der Waals surface area contributed by atoms with Gasteiger partial charge in [-0.25, -0.2) is 0 Å². The number of ether oxygens (including phenoxy) is 2. The molecule has 0 saturated carbocycles. The van der Waals surface area contributed by atoms with Gasteiger partial charge in [0.25, 0.3) is 0 Å². The molecule has 0 spiro atoms. The third kappa shape index (κ3) is 2.58. The summed E-state index contributed by atoms with van der Waals surface area (Å²) in [5.41, 5.74) is 1.89. The Morgan fingerprint density at radius 2 is 1.82 bits per heavy atom. The summed E-state index contributed by atoms with van der Waals surface area (Å²) in [7, 11) is 0. The molecule has 0 radical (unpaired) electrons. The predicted molar refractivity (Wildman–Crippen MR) is 98.3 cm³/mol. The number of aromatic hydroxyl groups is 1. The molecule has 0 aliphatic carbocycles. The molecule has 138 valence electrons. The third-order valence-electron chi connectivity index (χ3n) is 4.89. The number of esters is 1. The zero-order valence-corrected chi connectivity index (χ0v) is 14.5. The zero-order chi connectivity index (χ0) is 19.3. The number of benzene rings is 2. The number of hydrogen-bond donors (Lipinski definition) is 1. The van der Waals surface area contributed by atoms with Crippen LogP contribution in [0.4, 0.5) is 0 Å². The van der Waals surface area contributed by atoms with E-state index in [2.05, 4.69) is 0 Å². The zero-order valence-electron chi connectivity index (χ0n) is 14.5. The Hall–Kier alpha value is -3.80. The largest absolute Gasteiger partial charge is 0.508 e. The molecule has 2 aliphatic heterocycles. The summed E-state index contributed by atoms with van der Waals surface area (Å²) < 4.78 is 16.6. The lowest BCUT2D eigenvalue weighted by Gasteiger charge is -2.26. The minimum atomic E-state index is -0.360. The summed E-state index contributed by atoms with van der Waals surface area (Å²) in [6.45, 7) is 0. The van der Waals surface area contributed by atoms with Crippen LogP contribution in [0, 0.1) is 0 Å². The average molecular weight is 374 g/mol. The fourth-order valence-corrected chi connectivity index (χ4v) is 3.60. The maximum atomic E-state index is 12.8. The Morgan fingerprint density at radius 1 is 1.00 bits per heavy atom. The number of phenols is 1. The summed E-state index contributed by atoms with van der Waals surface area (Å²) in [5.74, 6) is 0.604. The van der Waals surface area contributed by atoms with Gasteiger partial charge in [-0.2, -0.15) is 0 Å². The van der Waals surface area contributed by atoms with E-state index in [1.54, 1.807) is 54.6 Å². The van der Waals surface area contributed by atoms with Gasteiger partial charge in [-0.05, 0) is 42.0 Å². The van der Waals surface area contributed by atoms with Crippen LogP contribution in [0.25, 0.3) is 6.08 Å². The van der Waals surface area contributed by atoms with Gasteiger partial charge >= 0.3 is 5.97 Å². The van der Waals surface area contributed by atoms with Crippen molar-refractivity contribution < 1.29 is 28.6 Å². The van der Waals surface area contributed by atoms with Crippen molar-refractivity contribution in [2.45, 2.75) is 12.3 Å². The van der Waals surface area contributed by atoms with Crippen molar-refractivity contribution >= 4 is 17.8 Å². The van der Waals surface area contributed by atoms with Gasteiger partial charge in [0.1, 0.15) is 23.0 Å². The smallest absolute Gasteiger partial charge is 0.312 e. The number of fused-ring (bicyclic) bond motifs is 3. The molecule has 1 atom stereocenters. The highest BCUT2D eigenvalue weighted by molar-refractivity contribution is 6.15. The third-order valence-corrected chi connectivity index (χ3v) is 4.89. The lowest BCUT2D eigenvalue weighted by Crippen LogP contribution is -2.21. The van der Waals surface area contributed by atoms with E-state index in [0.29, 0.717) is 28.4 Å². The molecule has 6 heteroatoms. The van der Waals surface area contributed by atoms with Crippen LogP contribution in [0.2, 0.25) is 0 Å². The summed E-state index contributed by atoms with van der Waals surface area (Å²) in [4.78, 5) is 24.9. The molecule has 1 unspecified atom stereocenters. The molecule has 0 bridgehead atoms. The number of Topliss-reactive ketones (excluding diaryl/α,β-unsaturated/α-hetero) is 1. The molecular weight excluding hydrogens is 360 g/mol. The van der Waals surface area contributed by atoms with Crippen LogP contribution in [-0.2, 0) is 4.79 Å². The van der Waals surface area contributed by atoms with Crippen LogP contribution in [0.3, 0.4) is 0 Å². The Labute approximate surface area is 159 Å². The second kappa shape index (κ2) is 6.13. The first-order valence-corrected chi connectivity index (χ1v) is 8.74. The predicted octanol–water partition coefficient (Wildman–Crippen LogP) is 4.04. The van der Waals surface area contributed by atoms with Crippen molar-refractivity contribution in [2.24, 2.45) is 0 Å². The van der Waals surface area contributed by atoms with Crippen LogP contribution in [0.5, 0.6) is 17.2 Å². The number of carbonyl (C=O) groups excluding carboxylic acids is 2. The van der Waals surface area contributed by atoms with Gasteiger partial charge < -0.3 is 19.0 Å². The summed E-state index contributed by atoms with van der Waals surface area (Å²) in [5, 5.41) is 9.57. The molecule has 2 aliphatic rings. The van der Waals surface area contributed by atoms with Gasteiger partial charge in [-0.1, -0.05) is 12.1 Å². The van der Waals surface area contributed by atoms with E-state index in [9.17, 15) is 14.7 Å². The van der Waals surface area contributed by atoms with E-state index in [0.717, 1.165) is 5.56 Å². The summed E-state index contributed by atoms with van der Waals surface area (Å²) in [6.07, 6.45) is 3.17. The number of carbonyl (C=O) groups is 2.